The fourth-order valence-corrected chi connectivity index (χ4v) is 4.54. The largest absolute Gasteiger partial charge is 0.324 e. The first-order chi connectivity index (χ1) is 14.6. The van der Waals surface area contributed by atoms with Gasteiger partial charge in [-0.1, -0.05) is 71.4 Å². The van der Waals surface area contributed by atoms with Gasteiger partial charge in [0.1, 0.15) is 5.82 Å². The number of halogens is 1. The van der Waals surface area contributed by atoms with E-state index < -0.39 is 0 Å². The van der Waals surface area contributed by atoms with E-state index >= 15 is 0 Å². The van der Waals surface area contributed by atoms with Crippen LogP contribution in [0.1, 0.15) is 17.0 Å². The van der Waals surface area contributed by atoms with Gasteiger partial charge >= 0.3 is 0 Å². The molecule has 30 heavy (non-hydrogen) atoms. The highest BCUT2D eigenvalue weighted by Crippen LogP contribution is 2.24. The Kier molecular flexibility index (Phi) is 8.42. The van der Waals surface area contributed by atoms with E-state index in [1.165, 1.54) is 22.9 Å². The fraction of sp³-hybridized carbons (Fsp3) is 0.227. The van der Waals surface area contributed by atoms with Crippen molar-refractivity contribution in [3.8, 4) is 0 Å². The summed E-state index contributed by atoms with van der Waals surface area (Å²) in [5, 5.41) is 12.6. The summed E-state index contributed by atoms with van der Waals surface area (Å²) in [6.45, 7) is 6.51. The normalized spacial score (nSPS) is 10.7. The second-order valence-electron chi connectivity index (χ2n) is 6.59. The lowest BCUT2D eigenvalue weighted by molar-refractivity contribution is -0.113. The van der Waals surface area contributed by atoms with Crippen LogP contribution < -0.4 is 5.32 Å². The van der Waals surface area contributed by atoms with Crippen molar-refractivity contribution in [2.45, 2.75) is 30.1 Å². The molecule has 3 rings (SSSR count). The zero-order chi connectivity index (χ0) is 21.3. The predicted molar refractivity (Wildman–Crippen MR) is 127 cm³/mol. The van der Waals surface area contributed by atoms with Crippen molar-refractivity contribution < 1.29 is 4.79 Å². The number of benzene rings is 2. The molecule has 1 N–H and O–H groups in total. The maximum absolute atomic E-state index is 12.3. The fourth-order valence-electron chi connectivity index (χ4n) is 2.67. The monoisotopic (exact) mass is 458 g/mol. The highest BCUT2D eigenvalue weighted by Gasteiger charge is 2.14. The van der Waals surface area contributed by atoms with Gasteiger partial charge in [0.15, 0.2) is 5.16 Å². The van der Waals surface area contributed by atoms with E-state index in [2.05, 4.69) is 53.3 Å². The SMILES string of the molecule is C=CCn1c(CSCc2ccc(C)cc2)nnc1SCC(=O)Nc1ccccc1Cl. The molecule has 0 saturated carbocycles. The van der Waals surface area contributed by atoms with E-state index in [0.717, 1.165) is 17.3 Å². The molecule has 0 bridgehead atoms. The Morgan fingerprint density at radius 2 is 1.93 bits per heavy atom. The van der Waals surface area contributed by atoms with Crippen molar-refractivity contribution in [2.24, 2.45) is 0 Å². The number of carbonyl (C=O) groups excluding carboxylic acids is 1. The zero-order valence-corrected chi connectivity index (χ0v) is 19.1. The molecule has 0 unspecified atom stereocenters. The molecule has 0 spiro atoms. The van der Waals surface area contributed by atoms with Crippen LogP contribution in [0.15, 0.2) is 66.3 Å². The number of amides is 1. The summed E-state index contributed by atoms with van der Waals surface area (Å²) in [5.41, 5.74) is 3.14. The van der Waals surface area contributed by atoms with E-state index in [9.17, 15) is 4.79 Å². The number of rotatable bonds is 10. The van der Waals surface area contributed by atoms with E-state index in [1.807, 2.05) is 22.8 Å². The summed E-state index contributed by atoms with van der Waals surface area (Å²) in [6, 6.07) is 15.7. The number of aromatic nitrogens is 3. The Balaban J connectivity index is 1.56. The average Bonchev–Trinajstić information content (AvgIpc) is 3.12. The van der Waals surface area contributed by atoms with Crippen LogP contribution in [0.4, 0.5) is 5.69 Å². The predicted octanol–water partition coefficient (Wildman–Crippen LogP) is 5.59. The Morgan fingerprint density at radius 3 is 2.67 bits per heavy atom. The van der Waals surface area contributed by atoms with Gasteiger partial charge in [-0.25, -0.2) is 0 Å². The van der Waals surface area contributed by atoms with Gasteiger partial charge in [-0.3, -0.25) is 4.79 Å². The number of anilines is 1. The number of para-hydroxylation sites is 1. The Hall–Kier alpha value is -2.22. The smallest absolute Gasteiger partial charge is 0.234 e. The van der Waals surface area contributed by atoms with Crippen LogP contribution in [0, 0.1) is 6.92 Å². The topological polar surface area (TPSA) is 59.8 Å². The van der Waals surface area contributed by atoms with Gasteiger partial charge in [0, 0.05) is 12.3 Å². The van der Waals surface area contributed by atoms with Crippen molar-refractivity contribution in [3.05, 3.63) is 83.2 Å². The first-order valence-electron chi connectivity index (χ1n) is 9.40. The van der Waals surface area contributed by atoms with Gasteiger partial charge in [-0.15, -0.1) is 28.5 Å². The van der Waals surface area contributed by atoms with Crippen LogP contribution in [-0.2, 0) is 22.8 Å². The number of thioether (sulfide) groups is 2. The summed E-state index contributed by atoms with van der Waals surface area (Å²) in [4.78, 5) is 12.3. The molecule has 0 aliphatic heterocycles. The van der Waals surface area contributed by atoms with Crippen LogP contribution in [0.3, 0.4) is 0 Å². The van der Waals surface area contributed by atoms with Gasteiger partial charge in [0.25, 0.3) is 0 Å². The van der Waals surface area contributed by atoms with Crippen molar-refractivity contribution in [1.82, 2.24) is 14.8 Å². The molecule has 8 heteroatoms. The lowest BCUT2D eigenvalue weighted by Crippen LogP contribution is -2.15. The third kappa shape index (κ3) is 6.39. The van der Waals surface area contributed by atoms with Crippen molar-refractivity contribution >= 4 is 46.7 Å². The van der Waals surface area contributed by atoms with Crippen molar-refractivity contribution in [3.63, 3.8) is 0 Å². The lowest BCUT2D eigenvalue weighted by Gasteiger charge is -2.09. The van der Waals surface area contributed by atoms with Crippen LogP contribution in [0.2, 0.25) is 5.02 Å². The number of nitrogens with zero attached hydrogens (tertiary/aromatic N) is 3. The molecule has 0 radical (unpaired) electrons. The summed E-state index contributed by atoms with van der Waals surface area (Å²) in [7, 11) is 0. The highest BCUT2D eigenvalue weighted by molar-refractivity contribution is 7.99. The summed E-state index contributed by atoms with van der Waals surface area (Å²) in [5.74, 6) is 2.60. The third-order valence-electron chi connectivity index (χ3n) is 4.21. The van der Waals surface area contributed by atoms with Crippen LogP contribution >= 0.6 is 35.1 Å². The maximum atomic E-state index is 12.3. The van der Waals surface area contributed by atoms with Crippen molar-refractivity contribution in [2.75, 3.05) is 11.1 Å². The quantitative estimate of drug-likeness (QED) is 0.317. The van der Waals surface area contributed by atoms with E-state index in [1.54, 1.807) is 23.9 Å². The Bertz CT molecular complexity index is 1000. The molecule has 1 amide bonds. The molecule has 0 fully saturated rings. The van der Waals surface area contributed by atoms with E-state index in [4.69, 9.17) is 11.6 Å². The lowest BCUT2D eigenvalue weighted by atomic mass is 10.2. The molecule has 2 aromatic carbocycles. The standard InChI is InChI=1S/C22H23ClN4OS2/c1-3-12-27-20(14-29-13-17-10-8-16(2)9-11-17)25-26-22(27)30-15-21(28)24-19-7-5-4-6-18(19)23/h3-11H,1,12-15H2,2H3,(H,24,28). The molecular weight excluding hydrogens is 436 g/mol. The second-order valence-corrected chi connectivity index (χ2v) is 8.93. The molecule has 0 aliphatic rings. The van der Waals surface area contributed by atoms with Gasteiger partial charge in [-0.2, -0.15) is 0 Å². The third-order valence-corrected chi connectivity index (χ3v) is 6.50. The van der Waals surface area contributed by atoms with Crippen LogP contribution in [0.25, 0.3) is 0 Å². The first kappa shape index (κ1) is 22.5. The first-order valence-corrected chi connectivity index (χ1v) is 11.9. The Labute approximate surface area is 190 Å². The van der Waals surface area contributed by atoms with E-state index in [-0.39, 0.29) is 11.7 Å². The van der Waals surface area contributed by atoms with Gasteiger partial charge < -0.3 is 9.88 Å². The summed E-state index contributed by atoms with van der Waals surface area (Å²) in [6.07, 6.45) is 1.81. The highest BCUT2D eigenvalue weighted by atomic mass is 35.5. The molecule has 0 aliphatic carbocycles. The second kappa shape index (κ2) is 11.2. The molecular formula is C22H23ClN4OS2. The van der Waals surface area contributed by atoms with Gasteiger partial charge in [0.05, 0.1) is 22.2 Å². The maximum Gasteiger partial charge on any atom is 0.234 e. The molecule has 5 nitrogen and oxygen atoms in total. The van der Waals surface area contributed by atoms with Gasteiger partial charge in [0.2, 0.25) is 5.91 Å². The van der Waals surface area contributed by atoms with Crippen LogP contribution in [-0.4, -0.2) is 26.4 Å². The van der Waals surface area contributed by atoms with Crippen LogP contribution in [0.5, 0.6) is 0 Å². The molecule has 0 saturated heterocycles. The minimum atomic E-state index is -0.142. The molecule has 3 aromatic rings. The molecule has 1 aromatic heterocycles. The number of aryl methyl sites for hydroxylation is 1. The minimum absolute atomic E-state index is 0.142. The average molecular weight is 459 g/mol. The van der Waals surface area contributed by atoms with E-state index in [0.29, 0.717) is 22.4 Å². The van der Waals surface area contributed by atoms with Crippen molar-refractivity contribution in [1.29, 1.82) is 0 Å². The summed E-state index contributed by atoms with van der Waals surface area (Å²) >= 11 is 9.23. The van der Waals surface area contributed by atoms with Gasteiger partial charge in [-0.05, 0) is 24.6 Å². The zero-order valence-electron chi connectivity index (χ0n) is 16.7. The summed E-state index contributed by atoms with van der Waals surface area (Å²) < 4.78 is 2.00. The number of hydrogen-bond donors (Lipinski definition) is 1. The number of allylic oxidation sites excluding steroid dienone is 1. The minimum Gasteiger partial charge on any atom is -0.324 e. The molecule has 1 heterocycles. The number of hydrogen-bond acceptors (Lipinski definition) is 5. The molecule has 0 atom stereocenters. The Morgan fingerprint density at radius 1 is 1.17 bits per heavy atom. The number of nitrogens with one attached hydrogen (secondary N) is 1. The molecule has 156 valence electrons. The number of carbonyl (C=O) groups is 1.